The van der Waals surface area contributed by atoms with Crippen LogP contribution in [0.2, 0.25) is 0 Å². The summed E-state index contributed by atoms with van der Waals surface area (Å²) in [5.41, 5.74) is 0.799. The summed E-state index contributed by atoms with van der Waals surface area (Å²) in [6.07, 6.45) is 0.275. The molecule has 0 aliphatic carbocycles. The van der Waals surface area contributed by atoms with Gasteiger partial charge in [0.2, 0.25) is 5.91 Å². The van der Waals surface area contributed by atoms with Crippen LogP contribution >= 0.6 is 0 Å². The second-order valence-corrected chi connectivity index (χ2v) is 4.63. The molecule has 1 amide bonds. The Bertz CT molecular complexity index is 376. The Morgan fingerprint density at radius 3 is 2.44 bits per heavy atom. The summed E-state index contributed by atoms with van der Waals surface area (Å²) in [7, 11) is 1.64. The first-order valence-electron chi connectivity index (χ1n) is 6.07. The number of nitrogens with one attached hydrogen (secondary N) is 1. The zero-order valence-corrected chi connectivity index (χ0v) is 11.1. The molecule has 0 bridgehead atoms. The Morgan fingerprint density at radius 2 is 1.94 bits per heavy atom. The first-order chi connectivity index (χ1) is 8.52. The Kier molecular flexibility index (Phi) is 5.78. The van der Waals surface area contributed by atoms with E-state index in [2.05, 4.69) is 5.32 Å². The van der Waals surface area contributed by atoms with E-state index in [-0.39, 0.29) is 24.2 Å². The van der Waals surface area contributed by atoms with Crippen LogP contribution in [0, 0.1) is 11.7 Å². The lowest BCUT2D eigenvalue weighted by Gasteiger charge is -2.19. The van der Waals surface area contributed by atoms with Crippen LogP contribution < -0.4 is 5.32 Å². The first kappa shape index (κ1) is 14.6. The topological polar surface area (TPSA) is 38.3 Å². The fourth-order valence-electron chi connectivity index (χ4n) is 1.66. The lowest BCUT2D eigenvalue weighted by molar-refractivity contribution is -0.121. The summed E-state index contributed by atoms with van der Waals surface area (Å²) in [5, 5.41) is 2.82. The van der Waals surface area contributed by atoms with Gasteiger partial charge in [-0.25, -0.2) is 4.39 Å². The number of ether oxygens (including phenoxy) is 1. The summed E-state index contributed by atoms with van der Waals surface area (Å²) in [5.74, 6) is -0.0242. The van der Waals surface area contributed by atoms with Crippen molar-refractivity contribution in [3.63, 3.8) is 0 Å². The highest BCUT2D eigenvalue weighted by molar-refractivity contribution is 5.78. The van der Waals surface area contributed by atoms with Crippen molar-refractivity contribution in [2.75, 3.05) is 13.7 Å². The molecule has 100 valence electrons. The van der Waals surface area contributed by atoms with Crippen LogP contribution in [0.3, 0.4) is 0 Å². The molecule has 0 fully saturated rings. The molecule has 1 N–H and O–H groups in total. The van der Waals surface area contributed by atoms with Gasteiger partial charge in [0.1, 0.15) is 5.82 Å². The van der Waals surface area contributed by atoms with Crippen LogP contribution in [0.1, 0.15) is 19.4 Å². The molecular weight excluding hydrogens is 233 g/mol. The summed E-state index contributed by atoms with van der Waals surface area (Å²) in [6, 6.07) is 5.94. The third-order valence-corrected chi connectivity index (χ3v) is 2.82. The molecule has 4 heteroatoms. The second kappa shape index (κ2) is 7.11. The van der Waals surface area contributed by atoms with E-state index < -0.39 is 0 Å². The lowest BCUT2D eigenvalue weighted by atomic mass is 10.1. The molecular formula is C14H20FNO2. The fraction of sp³-hybridized carbons (Fsp3) is 0.500. The maximum Gasteiger partial charge on any atom is 0.224 e. The van der Waals surface area contributed by atoms with Gasteiger partial charge in [0.15, 0.2) is 0 Å². The van der Waals surface area contributed by atoms with Gasteiger partial charge >= 0.3 is 0 Å². The smallest absolute Gasteiger partial charge is 0.224 e. The number of rotatable bonds is 6. The maximum atomic E-state index is 12.7. The van der Waals surface area contributed by atoms with Gasteiger partial charge in [-0.1, -0.05) is 26.0 Å². The minimum absolute atomic E-state index is 0.0159. The standard InChI is InChI=1S/C14H20FNO2/c1-10(2)13(18-3)9-16-14(17)8-11-4-6-12(15)7-5-11/h4-7,10,13H,8-9H2,1-3H3,(H,16,17). The average molecular weight is 253 g/mol. The van der Waals surface area contributed by atoms with Gasteiger partial charge < -0.3 is 10.1 Å². The zero-order chi connectivity index (χ0) is 13.5. The second-order valence-electron chi connectivity index (χ2n) is 4.63. The van der Waals surface area contributed by atoms with Gasteiger partial charge in [-0.15, -0.1) is 0 Å². The molecule has 3 nitrogen and oxygen atoms in total. The molecule has 0 heterocycles. The van der Waals surface area contributed by atoms with E-state index in [1.54, 1.807) is 19.2 Å². The van der Waals surface area contributed by atoms with Gasteiger partial charge in [-0.3, -0.25) is 4.79 Å². The monoisotopic (exact) mass is 253 g/mol. The molecule has 18 heavy (non-hydrogen) atoms. The number of amides is 1. The molecule has 0 aromatic heterocycles. The lowest BCUT2D eigenvalue weighted by Crippen LogP contribution is -2.36. The highest BCUT2D eigenvalue weighted by Gasteiger charge is 2.13. The summed E-state index contributed by atoms with van der Waals surface area (Å²) in [6.45, 7) is 4.58. The molecule has 1 aromatic carbocycles. The largest absolute Gasteiger partial charge is 0.379 e. The molecule has 1 atom stereocenters. The van der Waals surface area contributed by atoms with Crippen LogP contribution in [0.4, 0.5) is 4.39 Å². The number of carbonyl (C=O) groups excluding carboxylic acids is 1. The molecule has 0 aliphatic rings. The highest BCUT2D eigenvalue weighted by Crippen LogP contribution is 2.05. The predicted molar refractivity (Wildman–Crippen MR) is 68.7 cm³/mol. The Hall–Kier alpha value is -1.42. The highest BCUT2D eigenvalue weighted by atomic mass is 19.1. The predicted octanol–water partition coefficient (Wildman–Crippen LogP) is 2.16. The SMILES string of the molecule is COC(CNC(=O)Cc1ccc(F)cc1)C(C)C. The Morgan fingerprint density at radius 1 is 1.33 bits per heavy atom. The molecule has 0 radical (unpaired) electrons. The number of benzene rings is 1. The van der Waals surface area contributed by atoms with E-state index in [9.17, 15) is 9.18 Å². The number of carbonyl (C=O) groups is 1. The molecule has 1 unspecified atom stereocenters. The van der Waals surface area contributed by atoms with Crippen LogP contribution in [0.25, 0.3) is 0 Å². The number of hydrogen-bond acceptors (Lipinski definition) is 2. The van der Waals surface area contributed by atoms with Crippen LogP contribution in [0.15, 0.2) is 24.3 Å². The van der Waals surface area contributed by atoms with Crippen molar-refractivity contribution in [3.8, 4) is 0 Å². The number of methoxy groups -OCH3 is 1. The van der Waals surface area contributed by atoms with E-state index in [1.807, 2.05) is 13.8 Å². The van der Waals surface area contributed by atoms with E-state index in [1.165, 1.54) is 12.1 Å². The fourth-order valence-corrected chi connectivity index (χ4v) is 1.66. The number of halogens is 1. The molecule has 0 saturated carbocycles. The van der Waals surface area contributed by atoms with Crippen molar-refractivity contribution < 1.29 is 13.9 Å². The van der Waals surface area contributed by atoms with Crippen molar-refractivity contribution in [3.05, 3.63) is 35.6 Å². The van der Waals surface area contributed by atoms with Gasteiger partial charge in [0, 0.05) is 13.7 Å². The van der Waals surface area contributed by atoms with Crippen LogP contribution in [-0.4, -0.2) is 25.7 Å². The molecule has 0 aliphatic heterocycles. The van der Waals surface area contributed by atoms with Crippen molar-refractivity contribution >= 4 is 5.91 Å². The quantitative estimate of drug-likeness (QED) is 0.843. The van der Waals surface area contributed by atoms with Crippen molar-refractivity contribution in [2.24, 2.45) is 5.92 Å². The maximum absolute atomic E-state index is 12.7. The minimum Gasteiger partial charge on any atom is -0.379 e. The van der Waals surface area contributed by atoms with Crippen molar-refractivity contribution in [2.45, 2.75) is 26.4 Å². The average Bonchev–Trinajstić information content (AvgIpc) is 2.32. The Balaban J connectivity index is 2.40. The summed E-state index contributed by atoms with van der Waals surface area (Å²) in [4.78, 5) is 11.7. The van der Waals surface area contributed by atoms with Crippen molar-refractivity contribution in [1.29, 1.82) is 0 Å². The normalized spacial score (nSPS) is 12.5. The van der Waals surface area contributed by atoms with Gasteiger partial charge in [-0.2, -0.15) is 0 Å². The molecule has 1 rings (SSSR count). The van der Waals surface area contributed by atoms with Crippen LogP contribution in [0.5, 0.6) is 0 Å². The third-order valence-electron chi connectivity index (χ3n) is 2.82. The molecule has 0 spiro atoms. The zero-order valence-electron chi connectivity index (χ0n) is 11.1. The van der Waals surface area contributed by atoms with Gasteiger partial charge in [0.05, 0.1) is 12.5 Å². The third kappa shape index (κ3) is 4.84. The van der Waals surface area contributed by atoms with E-state index in [0.29, 0.717) is 12.5 Å². The van der Waals surface area contributed by atoms with E-state index >= 15 is 0 Å². The molecule has 0 saturated heterocycles. The summed E-state index contributed by atoms with van der Waals surface area (Å²) >= 11 is 0. The van der Waals surface area contributed by atoms with Crippen molar-refractivity contribution in [1.82, 2.24) is 5.32 Å². The van der Waals surface area contributed by atoms with E-state index in [4.69, 9.17) is 4.74 Å². The van der Waals surface area contributed by atoms with Gasteiger partial charge in [-0.05, 0) is 23.6 Å². The molecule has 1 aromatic rings. The van der Waals surface area contributed by atoms with Crippen LogP contribution in [-0.2, 0) is 16.0 Å². The minimum atomic E-state index is -0.293. The summed E-state index contributed by atoms with van der Waals surface area (Å²) < 4.78 is 18.0. The Labute approximate surface area is 107 Å². The van der Waals surface area contributed by atoms with E-state index in [0.717, 1.165) is 5.56 Å². The number of hydrogen-bond donors (Lipinski definition) is 1. The van der Waals surface area contributed by atoms with Gasteiger partial charge in [0.25, 0.3) is 0 Å². The first-order valence-corrected chi connectivity index (χ1v) is 6.07.